The van der Waals surface area contributed by atoms with Crippen LogP contribution in [-0.4, -0.2) is 47.4 Å². The first kappa shape index (κ1) is 12.4. The summed E-state index contributed by atoms with van der Waals surface area (Å²) in [6, 6.07) is -0.319. The van der Waals surface area contributed by atoms with Crippen LogP contribution in [-0.2, 0) is 9.59 Å². The number of thioether (sulfide) groups is 1. The first-order valence-electron chi connectivity index (χ1n) is 5.19. The normalized spacial score (nSPS) is 23.9. The van der Waals surface area contributed by atoms with Crippen LogP contribution < -0.4 is 5.32 Å². The second kappa shape index (κ2) is 5.39. The van der Waals surface area contributed by atoms with Gasteiger partial charge in [-0.3, -0.25) is 9.59 Å². The van der Waals surface area contributed by atoms with Crippen LogP contribution in [0, 0.1) is 0 Å². The molecule has 2 unspecified atom stereocenters. The van der Waals surface area contributed by atoms with E-state index in [4.69, 9.17) is 0 Å². The molecule has 1 heterocycles. The van der Waals surface area contributed by atoms with Crippen LogP contribution in [0.4, 0.5) is 0 Å². The van der Waals surface area contributed by atoms with Crippen molar-refractivity contribution < 1.29 is 9.59 Å². The van der Waals surface area contributed by atoms with Gasteiger partial charge in [0.25, 0.3) is 0 Å². The van der Waals surface area contributed by atoms with E-state index in [0.29, 0.717) is 18.2 Å². The molecule has 0 aromatic heterocycles. The standard InChI is InChI=1S/C10H18N2O2S/c1-4-8-10(14)12(5-7(2)15-3)6-9(13)11-8/h7-8H,4-6H2,1-3H3,(H,11,13). The fourth-order valence-electron chi connectivity index (χ4n) is 1.59. The molecule has 0 aromatic rings. The van der Waals surface area contributed by atoms with Crippen molar-refractivity contribution in [2.75, 3.05) is 19.3 Å². The summed E-state index contributed by atoms with van der Waals surface area (Å²) in [7, 11) is 0. The topological polar surface area (TPSA) is 49.4 Å². The van der Waals surface area contributed by atoms with E-state index in [1.807, 2.05) is 13.2 Å². The van der Waals surface area contributed by atoms with Gasteiger partial charge in [-0.1, -0.05) is 13.8 Å². The van der Waals surface area contributed by atoms with Crippen molar-refractivity contribution in [3.05, 3.63) is 0 Å². The van der Waals surface area contributed by atoms with Gasteiger partial charge in [-0.15, -0.1) is 0 Å². The Morgan fingerprint density at radius 2 is 2.27 bits per heavy atom. The minimum Gasteiger partial charge on any atom is -0.343 e. The molecule has 5 heteroatoms. The van der Waals surface area contributed by atoms with Gasteiger partial charge in [0.2, 0.25) is 11.8 Å². The quantitative estimate of drug-likeness (QED) is 0.764. The van der Waals surface area contributed by atoms with Crippen LogP contribution in [0.25, 0.3) is 0 Å². The summed E-state index contributed by atoms with van der Waals surface area (Å²) in [6.07, 6.45) is 2.67. The van der Waals surface area contributed by atoms with E-state index in [1.165, 1.54) is 0 Å². The first-order chi connectivity index (χ1) is 7.08. The summed E-state index contributed by atoms with van der Waals surface area (Å²) in [5, 5.41) is 3.07. The van der Waals surface area contributed by atoms with Gasteiger partial charge in [-0.05, 0) is 12.7 Å². The molecule has 1 N–H and O–H groups in total. The van der Waals surface area contributed by atoms with Crippen molar-refractivity contribution in [3.63, 3.8) is 0 Å². The number of carbonyl (C=O) groups excluding carboxylic acids is 2. The van der Waals surface area contributed by atoms with E-state index in [1.54, 1.807) is 16.7 Å². The first-order valence-corrected chi connectivity index (χ1v) is 6.48. The fourth-order valence-corrected chi connectivity index (χ4v) is 1.92. The maximum Gasteiger partial charge on any atom is 0.245 e. The number of rotatable bonds is 4. The summed E-state index contributed by atoms with van der Waals surface area (Å²) < 4.78 is 0. The van der Waals surface area contributed by atoms with Crippen LogP contribution in [0.15, 0.2) is 0 Å². The Balaban J connectivity index is 2.62. The number of nitrogens with zero attached hydrogens (tertiary/aromatic N) is 1. The molecule has 86 valence electrons. The molecule has 1 aliphatic heterocycles. The molecule has 2 amide bonds. The largest absolute Gasteiger partial charge is 0.343 e. The predicted molar refractivity (Wildman–Crippen MR) is 61.8 cm³/mol. The second-order valence-corrected chi connectivity index (χ2v) is 5.07. The monoisotopic (exact) mass is 230 g/mol. The van der Waals surface area contributed by atoms with Gasteiger partial charge in [0.15, 0.2) is 0 Å². The van der Waals surface area contributed by atoms with Crippen LogP contribution in [0.2, 0.25) is 0 Å². The molecule has 2 atom stereocenters. The molecule has 4 nitrogen and oxygen atoms in total. The lowest BCUT2D eigenvalue weighted by Crippen LogP contribution is -2.58. The highest BCUT2D eigenvalue weighted by Gasteiger charge is 2.31. The Labute approximate surface area is 94.8 Å². The highest BCUT2D eigenvalue weighted by Crippen LogP contribution is 2.11. The van der Waals surface area contributed by atoms with Crippen LogP contribution in [0.3, 0.4) is 0 Å². The van der Waals surface area contributed by atoms with E-state index >= 15 is 0 Å². The third-order valence-electron chi connectivity index (χ3n) is 2.57. The van der Waals surface area contributed by atoms with Gasteiger partial charge in [0.05, 0.1) is 6.54 Å². The Morgan fingerprint density at radius 3 is 2.80 bits per heavy atom. The number of carbonyl (C=O) groups is 2. The molecule has 0 aromatic carbocycles. The molecule has 0 aliphatic carbocycles. The van der Waals surface area contributed by atoms with E-state index in [2.05, 4.69) is 12.2 Å². The van der Waals surface area contributed by atoms with E-state index in [9.17, 15) is 9.59 Å². The highest BCUT2D eigenvalue weighted by atomic mass is 32.2. The van der Waals surface area contributed by atoms with Crippen LogP contribution in [0.1, 0.15) is 20.3 Å². The minimum atomic E-state index is -0.319. The number of amides is 2. The van der Waals surface area contributed by atoms with Crippen molar-refractivity contribution >= 4 is 23.6 Å². The van der Waals surface area contributed by atoms with Crippen LogP contribution in [0.5, 0.6) is 0 Å². The lowest BCUT2D eigenvalue weighted by atomic mass is 10.1. The molecule has 15 heavy (non-hydrogen) atoms. The molecule has 1 fully saturated rings. The molecule has 1 rings (SSSR count). The zero-order valence-corrected chi connectivity index (χ0v) is 10.3. The summed E-state index contributed by atoms with van der Waals surface area (Å²) in [4.78, 5) is 24.9. The van der Waals surface area contributed by atoms with Gasteiger partial charge in [0, 0.05) is 11.8 Å². The Morgan fingerprint density at radius 1 is 1.60 bits per heavy atom. The average molecular weight is 230 g/mol. The van der Waals surface area contributed by atoms with Crippen molar-refractivity contribution in [1.82, 2.24) is 10.2 Å². The lowest BCUT2D eigenvalue weighted by molar-refractivity contribution is -0.144. The van der Waals surface area contributed by atoms with E-state index < -0.39 is 0 Å². The number of nitrogens with one attached hydrogen (secondary N) is 1. The van der Waals surface area contributed by atoms with Gasteiger partial charge in [-0.25, -0.2) is 0 Å². The summed E-state index contributed by atoms with van der Waals surface area (Å²) >= 11 is 1.70. The molecule has 0 radical (unpaired) electrons. The van der Waals surface area contributed by atoms with Gasteiger partial charge >= 0.3 is 0 Å². The van der Waals surface area contributed by atoms with Crippen molar-refractivity contribution in [2.24, 2.45) is 0 Å². The molecule has 0 bridgehead atoms. The van der Waals surface area contributed by atoms with Crippen LogP contribution >= 0.6 is 11.8 Å². The maximum absolute atomic E-state index is 11.9. The minimum absolute atomic E-state index is 0.0465. The van der Waals surface area contributed by atoms with Gasteiger partial charge in [-0.2, -0.15) is 11.8 Å². The smallest absolute Gasteiger partial charge is 0.245 e. The van der Waals surface area contributed by atoms with E-state index in [0.717, 1.165) is 0 Å². The van der Waals surface area contributed by atoms with Crippen molar-refractivity contribution in [3.8, 4) is 0 Å². The highest BCUT2D eigenvalue weighted by molar-refractivity contribution is 7.99. The summed E-state index contributed by atoms with van der Waals surface area (Å²) in [5.74, 6) is 0.00718. The zero-order chi connectivity index (χ0) is 11.4. The third kappa shape index (κ3) is 3.12. The number of piperazine rings is 1. The average Bonchev–Trinajstić information content (AvgIpc) is 2.22. The molecule has 0 saturated carbocycles. The second-order valence-electron chi connectivity index (χ2n) is 3.79. The molecule has 1 saturated heterocycles. The predicted octanol–water partition coefficient (Wildman–Crippen LogP) is 0.475. The van der Waals surface area contributed by atoms with Crippen molar-refractivity contribution in [2.45, 2.75) is 31.6 Å². The van der Waals surface area contributed by atoms with E-state index in [-0.39, 0.29) is 24.4 Å². The zero-order valence-electron chi connectivity index (χ0n) is 9.45. The number of hydrogen-bond acceptors (Lipinski definition) is 3. The molecule has 1 aliphatic rings. The summed E-state index contributed by atoms with van der Waals surface area (Å²) in [6.45, 7) is 4.83. The third-order valence-corrected chi connectivity index (χ3v) is 3.52. The Bertz CT molecular complexity index is 258. The molecular weight excluding hydrogens is 212 g/mol. The fraction of sp³-hybridized carbons (Fsp3) is 0.800. The number of hydrogen-bond donors (Lipinski definition) is 1. The SMILES string of the molecule is CCC1NC(=O)CN(CC(C)SC)C1=O. The van der Waals surface area contributed by atoms with Crippen molar-refractivity contribution in [1.29, 1.82) is 0 Å². The lowest BCUT2D eigenvalue weighted by Gasteiger charge is -2.33. The Kier molecular flexibility index (Phi) is 4.45. The maximum atomic E-state index is 11.9. The van der Waals surface area contributed by atoms with Gasteiger partial charge < -0.3 is 10.2 Å². The molecule has 0 spiro atoms. The Hall–Kier alpha value is -0.710. The molecular formula is C10H18N2O2S. The summed E-state index contributed by atoms with van der Waals surface area (Å²) in [5.41, 5.74) is 0. The van der Waals surface area contributed by atoms with Gasteiger partial charge in [0.1, 0.15) is 6.04 Å².